The Kier molecular flexibility index (Phi) is 5.64. The van der Waals surface area contributed by atoms with Crippen LogP contribution in [0.15, 0.2) is 24.3 Å². The highest BCUT2D eigenvalue weighted by Crippen LogP contribution is 2.32. The predicted octanol–water partition coefficient (Wildman–Crippen LogP) is 2.04. The summed E-state index contributed by atoms with van der Waals surface area (Å²) in [4.78, 5) is 31.0. The van der Waals surface area contributed by atoms with Gasteiger partial charge in [0.2, 0.25) is 5.91 Å². The van der Waals surface area contributed by atoms with Gasteiger partial charge < -0.3 is 14.5 Å². The first-order chi connectivity index (χ1) is 13.5. The van der Waals surface area contributed by atoms with Crippen LogP contribution in [0.1, 0.15) is 32.1 Å². The van der Waals surface area contributed by atoms with Gasteiger partial charge in [0.25, 0.3) is 5.91 Å². The minimum atomic E-state index is -0.573. The number of hydrogen-bond donors (Lipinski definition) is 0. The van der Waals surface area contributed by atoms with Gasteiger partial charge in [0, 0.05) is 12.2 Å². The number of carbonyl (C=O) groups excluding carboxylic acids is 2. The minimum absolute atomic E-state index is 0.0370. The number of nitrogens with zero attached hydrogens (tertiary/aromatic N) is 3. The highest BCUT2D eigenvalue weighted by atomic mass is 19.1. The predicted molar refractivity (Wildman–Crippen MR) is 104 cm³/mol. The van der Waals surface area contributed by atoms with Crippen molar-refractivity contribution in [3.63, 3.8) is 0 Å². The van der Waals surface area contributed by atoms with Gasteiger partial charge in [-0.1, -0.05) is 12.5 Å². The van der Waals surface area contributed by atoms with Crippen LogP contribution >= 0.6 is 0 Å². The summed E-state index contributed by atoms with van der Waals surface area (Å²) >= 11 is 0. The third-order valence-electron chi connectivity index (χ3n) is 6.07. The number of piperidine rings is 2. The molecule has 1 unspecified atom stereocenters. The lowest BCUT2D eigenvalue weighted by atomic mass is 9.90. The molecule has 1 aromatic carbocycles. The summed E-state index contributed by atoms with van der Waals surface area (Å²) in [6.07, 6.45) is 5.20. The number of rotatable bonds is 3. The minimum Gasteiger partial charge on any atom is -0.361 e. The second kappa shape index (κ2) is 8.17. The van der Waals surface area contributed by atoms with Crippen LogP contribution in [0.25, 0.3) is 0 Å². The lowest BCUT2D eigenvalue weighted by Gasteiger charge is -2.48. The molecule has 3 heterocycles. The highest BCUT2D eigenvalue weighted by molar-refractivity contribution is 5.95. The number of benzene rings is 1. The van der Waals surface area contributed by atoms with Gasteiger partial charge in [-0.2, -0.15) is 0 Å². The zero-order valence-electron chi connectivity index (χ0n) is 16.2. The second-order valence-electron chi connectivity index (χ2n) is 8.19. The summed E-state index contributed by atoms with van der Waals surface area (Å²) in [7, 11) is 0. The smallest absolute Gasteiger partial charge is 0.253 e. The van der Waals surface area contributed by atoms with E-state index in [9.17, 15) is 14.0 Å². The zero-order chi connectivity index (χ0) is 19.6. The SMILES string of the molecule is O=C(CN1CCCCC1)N1CCCC2(C1)CN(c1cccc(F)c1)C(=O)CO2. The number of anilines is 1. The lowest BCUT2D eigenvalue weighted by Crippen LogP contribution is -2.63. The number of carbonyl (C=O) groups is 2. The molecule has 1 spiro atoms. The molecule has 3 aliphatic rings. The highest BCUT2D eigenvalue weighted by Gasteiger charge is 2.44. The Morgan fingerprint density at radius 2 is 1.93 bits per heavy atom. The van der Waals surface area contributed by atoms with Crippen molar-refractivity contribution in [3.05, 3.63) is 30.1 Å². The maximum atomic E-state index is 13.6. The van der Waals surface area contributed by atoms with E-state index in [0.717, 1.165) is 45.3 Å². The van der Waals surface area contributed by atoms with Crippen molar-refractivity contribution < 1.29 is 18.7 Å². The van der Waals surface area contributed by atoms with E-state index in [2.05, 4.69) is 4.90 Å². The van der Waals surface area contributed by atoms with Crippen LogP contribution in [0.2, 0.25) is 0 Å². The molecule has 3 fully saturated rings. The molecule has 0 saturated carbocycles. The van der Waals surface area contributed by atoms with Crippen molar-refractivity contribution in [1.82, 2.24) is 9.80 Å². The molecule has 6 nitrogen and oxygen atoms in total. The Morgan fingerprint density at radius 3 is 2.71 bits per heavy atom. The Balaban J connectivity index is 1.44. The van der Waals surface area contributed by atoms with E-state index in [1.807, 2.05) is 4.90 Å². The molecule has 0 radical (unpaired) electrons. The first kappa shape index (κ1) is 19.3. The van der Waals surface area contributed by atoms with Crippen molar-refractivity contribution in [2.24, 2.45) is 0 Å². The van der Waals surface area contributed by atoms with Crippen molar-refractivity contribution in [2.45, 2.75) is 37.7 Å². The van der Waals surface area contributed by atoms with E-state index >= 15 is 0 Å². The Labute approximate surface area is 165 Å². The molecule has 0 aliphatic carbocycles. The van der Waals surface area contributed by atoms with Gasteiger partial charge in [-0.15, -0.1) is 0 Å². The van der Waals surface area contributed by atoms with Crippen LogP contribution in [-0.2, 0) is 14.3 Å². The van der Waals surface area contributed by atoms with Crippen LogP contribution in [0.5, 0.6) is 0 Å². The molecule has 1 atom stereocenters. The molecule has 152 valence electrons. The lowest BCUT2D eigenvalue weighted by molar-refractivity contribution is -0.154. The third kappa shape index (κ3) is 4.20. The topological polar surface area (TPSA) is 53.1 Å². The van der Waals surface area contributed by atoms with Gasteiger partial charge in [-0.25, -0.2) is 4.39 Å². The van der Waals surface area contributed by atoms with Gasteiger partial charge in [-0.05, 0) is 57.0 Å². The summed E-state index contributed by atoms with van der Waals surface area (Å²) in [5.41, 5.74) is -0.0276. The molecular formula is C21H28FN3O3. The van der Waals surface area contributed by atoms with E-state index in [1.54, 1.807) is 17.0 Å². The van der Waals surface area contributed by atoms with Crippen LogP contribution in [-0.4, -0.2) is 73.1 Å². The summed E-state index contributed by atoms with van der Waals surface area (Å²) in [5, 5.41) is 0. The fourth-order valence-corrected chi connectivity index (χ4v) is 4.56. The van der Waals surface area contributed by atoms with Gasteiger partial charge in [-0.3, -0.25) is 14.5 Å². The first-order valence-corrected chi connectivity index (χ1v) is 10.2. The van der Waals surface area contributed by atoms with Gasteiger partial charge >= 0.3 is 0 Å². The Bertz CT molecular complexity index is 737. The Morgan fingerprint density at radius 1 is 1.11 bits per heavy atom. The normalized spacial score (nSPS) is 26.7. The van der Waals surface area contributed by atoms with Crippen LogP contribution in [0.3, 0.4) is 0 Å². The van der Waals surface area contributed by atoms with E-state index in [4.69, 9.17) is 4.74 Å². The average molecular weight is 389 g/mol. The quantitative estimate of drug-likeness (QED) is 0.794. The third-order valence-corrected chi connectivity index (χ3v) is 6.07. The van der Waals surface area contributed by atoms with E-state index in [-0.39, 0.29) is 24.2 Å². The summed E-state index contributed by atoms with van der Waals surface area (Å²) < 4.78 is 19.6. The summed E-state index contributed by atoms with van der Waals surface area (Å²) in [6.45, 7) is 3.96. The Hall–Kier alpha value is -1.99. The number of ether oxygens (including phenoxy) is 1. The fourth-order valence-electron chi connectivity index (χ4n) is 4.56. The molecule has 0 N–H and O–H groups in total. The van der Waals surface area contributed by atoms with E-state index in [0.29, 0.717) is 25.3 Å². The monoisotopic (exact) mass is 389 g/mol. The van der Waals surface area contributed by atoms with E-state index < -0.39 is 5.60 Å². The summed E-state index contributed by atoms with van der Waals surface area (Å²) in [6, 6.07) is 6.09. The van der Waals surface area contributed by atoms with Crippen molar-refractivity contribution in [2.75, 3.05) is 50.8 Å². The van der Waals surface area contributed by atoms with Crippen LogP contribution < -0.4 is 4.90 Å². The van der Waals surface area contributed by atoms with Crippen molar-refractivity contribution >= 4 is 17.5 Å². The molecule has 0 bridgehead atoms. The molecule has 2 amide bonds. The molecule has 0 aromatic heterocycles. The number of amides is 2. The molecule has 28 heavy (non-hydrogen) atoms. The molecule has 3 saturated heterocycles. The van der Waals surface area contributed by atoms with Crippen molar-refractivity contribution in [1.29, 1.82) is 0 Å². The number of morpholine rings is 1. The molecule has 3 aliphatic heterocycles. The number of likely N-dealkylation sites (tertiary alicyclic amines) is 2. The summed E-state index contributed by atoms with van der Waals surface area (Å²) in [5.74, 6) is -0.403. The van der Waals surface area contributed by atoms with Crippen LogP contribution in [0, 0.1) is 5.82 Å². The van der Waals surface area contributed by atoms with Crippen LogP contribution in [0.4, 0.5) is 10.1 Å². The largest absolute Gasteiger partial charge is 0.361 e. The molecular weight excluding hydrogens is 361 g/mol. The standard InChI is InChI=1S/C21H28FN3O3/c22-17-6-4-7-18(12-17)25-16-21(28-14-20(25)27)8-5-11-24(15-21)19(26)13-23-9-2-1-3-10-23/h4,6-7,12H,1-3,5,8-11,13-16H2. The van der Waals surface area contributed by atoms with Crippen molar-refractivity contribution in [3.8, 4) is 0 Å². The molecule has 4 rings (SSSR count). The molecule has 1 aromatic rings. The average Bonchev–Trinajstić information content (AvgIpc) is 2.71. The molecule has 7 heteroatoms. The van der Waals surface area contributed by atoms with Gasteiger partial charge in [0.15, 0.2) is 0 Å². The van der Waals surface area contributed by atoms with Gasteiger partial charge in [0.05, 0.1) is 19.6 Å². The fraction of sp³-hybridized carbons (Fsp3) is 0.619. The maximum Gasteiger partial charge on any atom is 0.253 e. The number of hydrogen-bond acceptors (Lipinski definition) is 4. The maximum absolute atomic E-state index is 13.6. The van der Waals surface area contributed by atoms with E-state index in [1.165, 1.54) is 18.6 Å². The van der Waals surface area contributed by atoms with Gasteiger partial charge in [0.1, 0.15) is 18.0 Å². The first-order valence-electron chi connectivity index (χ1n) is 10.2. The second-order valence-corrected chi connectivity index (χ2v) is 8.19. The zero-order valence-corrected chi connectivity index (χ0v) is 16.2. The number of halogens is 1.